The first kappa shape index (κ1) is 14.2. The fourth-order valence-corrected chi connectivity index (χ4v) is 1.72. The van der Waals surface area contributed by atoms with E-state index in [-0.39, 0.29) is 0 Å². The van der Waals surface area contributed by atoms with E-state index in [9.17, 15) is 0 Å². The predicted molar refractivity (Wildman–Crippen MR) is 81.5 cm³/mol. The number of nitrogens with zero attached hydrogens (tertiary/aromatic N) is 3. The number of benzene rings is 1. The van der Waals surface area contributed by atoms with Crippen molar-refractivity contribution < 1.29 is 0 Å². The third-order valence-corrected chi connectivity index (χ3v) is 2.88. The second-order valence-electron chi connectivity index (χ2n) is 5.11. The van der Waals surface area contributed by atoms with Crippen molar-refractivity contribution in [1.29, 1.82) is 0 Å². The van der Waals surface area contributed by atoms with Gasteiger partial charge >= 0.3 is 0 Å². The summed E-state index contributed by atoms with van der Waals surface area (Å²) in [6.07, 6.45) is 2.72. The van der Waals surface area contributed by atoms with Crippen LogP contribution in [0.5, 0.6) is 0 Å². The van der Waals surface area contributed by atoms with Crippen molar-refractivity contribution in [2.75, 3.05) is 17.2 Å². The molecule has 0 aliphatic heterocycles. The Labute approximate surface area is 119 Å². The van der Waals surface area contributed by atoms with Gasteiger partial charge in [0, 0.05) is 13.1 Å². The molecule has 5 nitrogen and oxygen atoms in total. The third kappa shape index (κ3) is 4.84. The normalized spacial score (nSPS) is 10.6. The molecule has 0 spiro atoms. The number of rotatable bonds is 7. The minimum absolute atomic E-state index is 0.573. The topological polar surface area (TPSA) is 62.7 Å². The molecule has 106 valence electrons. The molecule has 0 atom stereocenters. The molecule has 0 amide bonds. The van der Waals surface area contributed by atoms with Gasteiger partial charge in [-0.15, -0.1) is 5.10 Å². The smallest absolute Gasteiger partial charge is 0.244 e. The quantitative estimate of drug-likeness (QED) is 0.810. The fourth-order valence-electron chi connectivity index (χ4n) is 1.72. The Morgan fingerprint density at radius 3 is 2.65 bits per heavy atom. The van der Waals surface area contributed by atoms with Crippen LogP contribution in [0.3, 0.4) is 0 Å². The summed E-state index contributed by atoms with van der Waals surface area (Å²) in [5, 5.41) is 14.4. The van der Waals surface area contributed by atoms with Gasteiger partial charge in [0.2, 0.25) is 5.95 Å². The van der Waals surface area contributed by atoms with E-state index in [0.717, 1.165) is 25.3 Å². The van der Waals surface area contributed by atoms with E-state index in [1.54, 1.807) is 6.20 Å². The van der Waals surface area contributed by atoms with Crippen LogP contribution in [-0.2, 0) is 6.54 Å². The minimum atomic E-state index is 0.573. The summed E-state index contributed by atoms with van der Waals surface area (Å²) in [5.41, 5.74) is 1.21. The lowest BCUT2D eigenvalue weighted by molar-refractivity contribution is 0.605. The molecule has 0 aliphatic carbocycles. The molecule has 2 aromatic rings. The Kier molecular flexibility index (Phi) is 5.29. The first-order valence-electron chi connectivity index (χ1n) is 6.95. The molecule has 0 unspecified atom stereocenters. The summed E-state index contributed by atoms with van der Waals surface area (Å²) in [5.74, 6) is 1.97. The fraction of sp³-hybridized carbons (Fsp3) is 0.400. The monoisotopic (exact) mass is 271 g/mol. The van der Waals surface area contributed by atoms with Crippen LogP contribution in [0.15, 0.2) is 36.5 Å². The van der Waals surface area contributed by atoms with Gasteiger partial charge in [-0.05, 0) is 17.9 Å². The molecule has 1 heterocycles. The van der Waals surface area contributed by atoms with Crippen molar-refractivity contribution in [1.82, 2.24) is 15.2 Å². The maximum atomic E-state index is 4.39. The van der Waals surface area contributed by atoms with Crippen molar-refractivity contribution in [3.8, 4) is 0 Å². The maximum absolute atomic E-state index is 4.39. The Hall–Kier alpha value is -2.17. The van der Waals surface area contributed by atoms with Gasteiger partial charge in [0.15, 0.2) is 5.82 Å². The number of hydrogen-bond acceptors (Lipinski definition) is 5. The summed E-state index contributed by atoms with van der Waals surface area (Å²) in [6, 6.07) is 10.2. The summed E-state index contributed by atoms with van der Waals surface area (Å²) in [4.78, 5) is 4.39. The zero-order valence-corrected chi connectivity index (χ0v) is 12.0. The Morgan fingerprint density at radius 1 is 1.10 bits per heavy atom. The molecule has 0 bridgehead atoms. The van der Waals surface area contributed by atoms with Gasteiger partial charge in [0.1, 0.15) is 0 Å². The lowest BCUT2D eigenvalue weighted by Gasteiger charge is -2.08. The molecule has 1 aromatic carbocycles. The van der Waals surface area contributed by atoms with Crippen LogP contribution < -0.4 is 10.6 Å². The van der Waals surface area contributed by atoms with Gasteiger partial charge in [0.05, 0.1) is 6.20 Å². The van der Waals surface area contributed by atoms with Crippen LogP contribution in [0.4, 0.5) is 11.8 Å². The van der Waals surface area contributed by atoms with Gasteiger partial charge in [-0.1, -0.05) is 44.2 Å². The molecule has 1 aromatic heterocycles. The van der Waals surface area contributed by atoms with E-state index in [4.69, 9.17) is 0 Å². The molecular weight excluding hydrogens is 250 g/mol. The van der Waals surface area contributed by atoms with Crippen molar-refractivity contribution in [3.63, 3.8) is 0 Å². The number of aromatic nitrogens is 3. The number of nitrogens with one attached hydrogen (secondary N) is 2. The lowest BCUT2D eigenvalue weighted by atomic mass is 10.1. The Morgan fingerprint density at radius 2 is 1.90 bits per heavy atom. The largest absolute Gasteiger partial charge is 0.365 e. The molecule has 0 saturated carbocycles. The van der Waals surface area contributed by atoms with E-state index in [0.29, 0.717) is 11.9 Å². The highest BCUT2D eigenvalue weighted by Gasteiger charge is 2.01. The standard InChI is InChI=1S/C15H21N5/c1-12(2)8-9-16-15-19-14(11-18-20-15)17-10-13-6-4-3-5-7-13/h3-7,11-12H,8-10H2,1-2H3,(H2,16,17,19,20). The molecule has 0 aliphatic rings. The number of hydrogen-bond donors (Lipinski definition) is 2. The summed E-state index contributed by atoms with van der Waals surface area (Å²) in [6.45, 7) is 5.98. The SMILES string of the molecule is CC(C)CCNc1nncc(NCc2ccccc2)n1. The molecule has 0 saturated heterocycles. The van der Waals surface area contributed by atoms with Crippen molar-refractivity contribution in [3.05, 3.63) is 42.1 Å². The first-order chi connectivity index (χ1) is 9.74. The van der Waals surface area contributed by atoms with Crippen molar-refractivity contribution >= 4 is 11.8 Å². The summed E-state index contributed by atoms with van der Waals surface area (Å²) in [7, 11) is 0. The summed E-state index contributed by atoms with van der Waals surface area (Å²) < 4.78 is 0. The predicted octanol–water partition coefficient (Wildman–Crippen LogP) is 2.94. The molecule has 2 rings (SSSR count). The molecule has 0 fully saturated rings. The maximum Gasteiger partial charge on any atom is 0.244 e. The highest BCUT2D eigenvalue weighted by molar-refractivity contribution is 5.37. The van der Waals surface area contributed by atoms with E-state index in [1.165, 1.54) is 5.56 Å². The minimum Gasteiger partial charge on any atom is -0.365 e. The first-order valence-corrected chi connectivity index (χ1v) is 6.95. The zero-order valence-electron chi connectivity index (χ0n) is 12.0. The molecular formula is C15H21N5. The van der Waals surface area contributed by atoms with Crippen LogP contribution in [0.25, 0.3) is 0 Å². The Balaban J connectivity index is 1.86. The van der Waals surface area contributed by atoms with Crippen LogP contribution in [-0.4, -0.2) is 21.7 Å². The van der Waals surface area contributed by atoms with Crippen LogP contribution in [0, 0.1) is 5.92 Å². The van der Waals surface area contributed by atoms with Crippen LogP contribution in [0.2, 0.25) is 0 Å². The molecule has 20 heavy (non-hydrogen) atoms. The number of anilines is 2. The van der Waals surface area contributed by atoms with E-state index in [2.05, 4.69) is 51.8 Å². The lowest BCUT2D eigenvalue weighted by Crippen LogP contribution is -2.10. The van der Waals surface area contributed by atoms with Crippen molar-refractivity contribution in [2.45, 2.75) is 26.8 Å². The molecule has 0 radical (unpaired) electrons. The van der Waals surface area contributed by atoms with E-state index >= 15 is 0 Å². The third-order valence-electron chi connectivity index (χ3n) is 2.88. The van der Waals surface area contributed by atoms with Gasteiger partial charge in [0.25, 0.3) is 0 Å². The van der Waals surface area contributed by atoms with Crippen LogP contribution in [0.1, 0.15) is 25.8 Å². The average Bonchev–Trinajstić information content (AvgIpc) is 2.46. The second-order valence-corrected chi connectivity index (χ2v) is 5.11. The van der Waals surface area contributed by atoms with E-state index < -0.39 is 0 Å². The highest BCUT2D eigenvalue weighted by atomic mass is 15.3. The molecule has 5 heteroatoms. The molecule has 2 N–H and O–H groups in total. The van der Waals surface area contributed by atoms with Gasteiger partial charge in [-0.2, -0.15) is 10.1 Å². The second kappa shape index (κ2) is 7.43. The van der Waals surface area contributed by atoms with E-state index in [1.807, 2.05) is 18.2 Å². The summed E-state index contributed by atoms with van der Waals surface area (Å²) >= 11 is 0. The van der Waals surface area contributed by atoms with Crippen LogP contribution >= 0.6 is 0 Å². The highest BCUT2D eigenvalue weighted by Crippen LogP contribution is 2.07. The van der Waals surface area contributed by atoms with Gasteiger partial charge in [-0.3, -0.25) is 0 Å². The Bertz CT molecular complexity index is 513. The van der Waals surface area contributed by atoms with Gasteiger partial charge < -0.3 is 10.6 Å². The van der Waals surface area contributed by atoms with Gasteiger partial charge in [-0.25, -0.2) is 0 Å². The average molecular weight is 271 g/mol. The van der Waals surface area contributed by atoms with Crippen molar-refractivity contribution in [2.24, 2.45) is 5.92 Å². The zero-order chi connectivity index (χ0) is 14.2.